The summed E-state index contributed by atoms with van der Waals surface area (Å²) in [6.07, 6.45) is 2.60. The summed E-state index contributed by atoms with van der Waals surface area (Å²) >= 11 is 0. The van der Waals surface area contributed by atoms with Gasteiger partial charge in [-0.1, -0.05) is 6.07 Å². The van der Waals surface area contributed by atoms with Gasteiger partial charge in [-0.15, -0.1) is 0 Å². The Morgan fingerprint density at radius 1 is 1.37 bits per heavy atom. The molecule has 1 aromatic rings. The van der Waals surface area contributed by atoms with Crippen molar-refractivity contribution in [3.05, 3.63) is 35.4 Å². The molecule has 0 aliphatic heterocycles. The highest BCUT2D eigenvalue weighted by molar-refractivity contribution is 5.81. The van der Waals surface area contributed by atoms with Crippen molar-refractivity contribution in [2.45, 2.75) is 38.7 Å². The maximum atomic E-state index is 13.4. The predicted octanol–water partition coefficient (Wildman–Crippen LogP) is 3.28. The maximum absolute atomic E-state index is 13.4. The van der Waals surface area contributed by atoms with Crippen LogP contribution in [0, 0.1) is 17.6 Å². The van der Waals surface area contributed by atoms with E-state index < -0.39 is 11.6 Å². The van der Waals surface area contributed by atoms with Gasteiger partial charge in [0.05, 0.1) is 6.10 Å². The summed E-state index contributed by atoms with van der Waals surface area (Å²) in [5.74, 6) is -0.903. The number of benzene rings is 1. The first-order chi connectivity index (χ1) is 9.08. The number of carbonyl (C=O) groups is 1. The summed E-state index contributed by atoms with van der Waals surface area (Å²) in [4.78, 5) is 11.8. The highest BCUT2D eigenvalue weighted by Crippen LogP contribution is 2.33. The topological polar surface area (TPSA) is 26.3 Å². The molecular formula is C15H18F2O2. The number of ketones is 1. The fourth-order valence-electron chi connectivity index (χ4n) is 2.48. The minimum absolute atomic E-state index is 0.00505. The zero-order chi connectivity index (χ0) is 13.8. The molecule has 0 saturated heterocycles. The minimum atomic E-state index is -0.644. The monoisotopic (exact) mass is 268 g/mol. The molecule has 1 fully saturated rings. The van der Waals surface area contributed by atoms with Gasteiger partial charge in [0.2, 0.25) is 0 Å². The molecule has 0 atom stereocenters. The van der Waals surface area contributed by atoms with Crippen LogP contribution in [0.25, 0.3) is 0 Å². The number of hydrogen-bond donors (Lipinski definition) is 0. The Morgan fingerprint density at radius 2 is 2.11 bits per heavy atom. The normalized spacial score (nSPS) is 22.1. The molecule has 4 heteroatoms. The molecule has 0 heterocycles. The third kappa shape index (κ3) is 3.83. The third-order valence-electron chi connectivity index (χ3n) is 3.51. The molecule has 0 amide bonds. The maximum Gasteiger partial charge on any atom is 0.137 e. The quantitative estimate of drug-likeness (QED) is 0.791. The van der Waals surface area contributed by atoms with E-state index in [1.165, 1.54) is 12.1 Å². The van der Waals surface area contributed by atoms with E-state index in [2.05, 4.69) is 0 Å². The molecule has 104 valence electrons. The SMILES string of the molecule is CCOC1CC(CC(=O)Cc2ccc(F)cc2F)C1. The summed E-state index contributed by atoms with van der Waals surface area (Å²) in [6, 6.07) is 3.34. The van der Waals surface area contributed by atoms with Crippen molar-refractivity contribution in [1.29, 1.82) is 0 Å². The van der Waals surface area contributed by atoms with Crippen LogP contribution in [0.1, 0.15) is 31.7 Å². The largest absolute Gasteiger partial charge is 0.378 e. The van der Waals surface area contributed by atoms with Crippen LogP contribution < -0.4 is 0 Å². The number of rotatable bonds is 6. The Bertz CT molecular complexity index is 453. The van der Waals surface area contributed by atoms with E-state index >= 15 is 0 Å². The Balaban J connectivity index is 1.79. The van der Waals surface area contributed by atoms with Crippen molar-refractivity contribution in [3.63, 3.8) is 0 Å². The average molecular weight is 268 g/mol. The van der Waals surface area contributed by atoms with Crippen LogP contribution in [0.2, 0.25) is 0 Å². The van der Waals surface area contributed by atoms with Gasteiger partial charge in [0.15, 0.2) is 0 Å². The standard InChI is InChI=1S/C15H18F2O2/c1-2-19-14-6-10(7-14)5-13(18)8-11-3-4-12(16)9-15(11)17/h3-4,9-10,14H,2,5-8H2,1H3. The van der Waals surface area contributed by atoms with Crippen molar-refractivity contribution in [1.82, 2.24) is 0 Å². The van der Waals surface area contributed by atoms with Crippen molar-refractivity contribution < 1.29 is 18.3 Å². The molecule has 2 nitrogen and oxygen atoms in total. The van der Waals surface area contributed by atoms with Gasteiger partial charge in [-0.25, -0.2) is 8.78 Å². The summed E-state index contributed by atoms with van der Waals surface area (Å²) in [5, 5.41) is 0. The highest BCUT2D eigenvalue weighted by Gasteiger charge is 2.31. The number of hydrogen-bond acceptors (Lipinski definition) is 2. The Labute approximate surface area is 111 Å². The van der Waals surface area contributed by atoms with Gasteiger partial charge < -0.3 is 4.74 Å². The summed E-state index contributed by atoms with van der Waals surface area (Å²) in [5.41, 5.74) is 0.270. The molecule has 2 rings (SSSR count). The Kier molecular flexibility index (Phi) is 4.64. The molecule has 0 N–H and O–H groups in total. The second-order valence-electron chi connectivity index (χ2n) is 5.07. The molecule has 0 unspecified atom stereocenters. The smallest absolute Gasteiger partial charge is 0.137 e. The van der Waals surface area contributed by atoms with Crippen LogP contribution in [0.4, 0.5) is 8.78 Å². The van der Waals surface area contributed by atoms with E-state index in [-0.39, 0.29) is 23.9 Å². The van der Waals surface area contributed by atoms with Gasteiger partial charge in [-0.2, -0.15) is 0 Å². The lowest BCUT2D eigenvalue weighted by Gasteiger charge is -2.34. The lowest BCUT2D eigenvalue weighted by atomic mass is 9.78. The zero-order valence-corrected chi connectivity index (χ0v) is 11.0. The van der Waals surface area contributed by atoms with Crippen LogP contribution >= 0.6 is 0 Å². The van der Waals surface area contributed by atoms with E-state index in [1.54, 1.807) is 0 Å². The predicted molar refractivity (Wildman–Crippen MR) is 67.8 cm³/mol. The molecule has 19 heavy (non-hydrogen) atoms. The molecule has 0 aromatic heterocycles. The third-order valence-corrected chi connectivity index (χ3v) is 3.51. The van der Waals surface area contributed by atoms with Crippen LogP contribution in [0.15, 0.2) is 18.2 Å². The Hall–Kier alpha value is -1.29. The number of Topliss-reactive ketones (excluding diaryl/α,β-unsaturated/α-hetero) is 1. The first kappa shape index (κ1) is 14.1. The van der Waals surface area contributed by atoms with Gasteiger partial charge in [-0.3, -0.25) is 4.79 Å². The molecule has 0 spiro atoms. The molecule has 1 aliphatic rings. The van der Waals surface area contributed by atoms with E-state index in [4.69, 9.17) is 4.74 Å². The zero-order valence-electron chi connectivity index (χ0n) is 11.0. The van der Waals surface area contributed by atoms with Gasteiger partial charge in [0.25, 0.3) is 0 Å². The van der Waals surface area contributed by atoms with E-state index in [0.717, 1.165) is 18.9 Å². The minimum Gasteiger partial charge on any atom is -0.378 e. The summed E-state index contributed by atoms with van der Waals surface area (Å²) in [6.45, 7) is 2.65. The molecule has 1 aliphatic carbocycles. The van der Waals surface area contributed by atoms with Crippen LogP contribution in [0.3, 0.4) is 0 Å². The number of ether oxygens (including phenoxy) is 1. The van der Waals surface area contributed by atoms with E-state index in [1.807, 2.05) is 6.92 Å². The second-order valence-corrected chi connectivity index (χ2v) is 5.07. The Morgan fingerprint density at radius 3 is 2.74 bits per heavy atom. The van der Waals surface area contributed by atoms with Crippen molar-refractivity contribution in [2.75, 3.05) is 6.61 Å². The van der Waals surface area contributed by atoms with Gasteiger partial charge in [-0.05, 0) is 37.3 Å². The van der Waals surface area contributed by atoms with Crippen LogP contribution in [0.5, 0.6) is 0 Å². The second kappa shape index (κ2) is 6.24. The number of halogens is 2. The van der Waals surface area contributed by atoms with E-state index in [0.29, 0.717) is 18.9 Å². The fraction of sp³-hybridized carbons (Fsp3) is 0.533. The molecule has 0 radical (unpaired) electrons. The van der Waals surface area contributed by atoms with Crippen LogP contribution in [-0.2, 0) is 16.0 Å². The lowest BCUT2D eigenvalue weighted by Crippen LogP contribution is -2.33. The molecule has 1 saturated carbocycles. The average Bonchev–Trinajstić information content (AvgIpc) is 2.30. The van der Waals surface area contributed by atoms with Gasteiger partial charge >= 0.3 is 0 Å². The molecule has 0 bridgehead atoms. The molecular weight excluding hydrogens is 250 g/mol. The number of carbonyl (C=O) groups excluding carboxylic acids is 1. The summed E-state index contributed by atoms with van der Waals surface area (Å²) < 4.78 is 31.6. The molecule has 1 aromatic carbocycles. The van der Waals surface area contributed by atoms with Crippen LogP contribution in [-0.4, -0.2) is 18.5 Å². The fourth-order valence-corrected chi connectivity index (χ4v) is 2.48. The van der Waals surface area contributed by atoms with Crippen molar-refractivity contribution >= 4 is 5.78 Å². The highest BCUT2D eigenvalue weighted by atomic mass is 19.1. The van der Waals surface area contributed by atoms with Crippen molar-refractivity contribution in [2.24, 2.45) is 5.92 Å². The summed E-state index contributed by atoms with van der Waals surface area (Å²) in [7, 11) is 0. The van der Waals surface area contributed by atoms with Gasteiger partial charge in [0, 0.05) is 25.5 Å². The lowest BCUT2D eigenvalue weighted by molar-refractivity contribution is -0.121. The van der Waals surface area contributed by atoms with Gasteiger partial charge in [0.1, 0.15) is 17.4 Å². The van der Waals surface area contributed by atoms with E-state index in [9.17, 15) is 13.6 Å². The van der Waals surface area contributed by atoms with Crippen molar-refractivity contribution in [3.8, 4) is 0 Å². The first-order valence-electron chi connectivity index (χ1n) is 6.65. The first-order valence-corrected chi connectivity index (χ1v) is 6.65.